The first-order valence-corrected chi connectivity index (χ1v) is 7.99. The van der Waals surface area contributed by atoms with E-state index in [9.17, 15) is 0 Å². The fourth-order valence-corrected chi connectivity index (χ4v) is 3.35. The maximum Gasteiger partial charge on any atom is 0.255 e. The number of hydrogen-bond donors (Lipinski definition) is 1. The Hall–Kier alpha value is -2.47. The van der Waals surface area contributed by atoms with E-state index in [1.54, 1.807) is 0 Å². The number of hydrogen-bond acceptors (Lipinski definition) is 5. The molecule has 2 aromatic heterocycles. The third-order valence-corrected chi connectivity index (χ3v) is 4.40. The highest BCUT2D eigenvalue weighted by molar-refractivity contribution is 5.64. The minimum absolute atomic E-state index is 0.665. The van der Waals surface area contributed by atoms with Crippen LogP contribution in [0, 0.1) is 13.8 Å². The van der Waals surface area contributed by atoms with Crippen molar-refractivity contribution in [3.63, 3.8) is 0 Å². The number of aryl methyl sites for hydroxylation is 2. The lowest BCUT2D eigenvalue weighted by Gasteiger charge is -2.31. The normalized spacial score (nSPS) is 15.3. The van der Waals surface area contributed by atoms with Crippen molar-refractivity contribution in [2.24, 2.45) is 0 Å². The molecule has 1 aliphatic heterocycles. The standard InChI is InChI=1S/C17H20N6/c1-12-15(22-10-8-18-9-11-22)13(2)23-16(20-21-17(23)19-12)14-6-4-3-5-7-14/h3-7,18H,8-11H2,1-2H3. The van der Waals surface area contributed by atoms with E-state index in [4.69, 9.17) is 0 Å². The molecule has 4 rings (SSSR count). The van der Waals surface area contributed by atoms with E-state index in [0.29, 0.717) is 5.78 Å². The lowest BCUT2D eigenvalue weighted by Crippen LogP contribution is -2.44. The van der Waals surface area contributed by atoms with Gasteiger partial charge in [0.1, 0.15) is 0 Å². The molecule has 6 heteroatoms. The van der Waals surface area contributed by atoms with Gasteiger partial charge < -0.3 is 10.2 Å². The Morgan fingerprint density at radius 2 is 1.74 bits per heavy atom. The Bertz CT molecular complexity index is 833. The highest BCUT2D eigenvalue weighted by Gasteiger charge is 2.21. The quantitative estimate of drug-likeness (QED) is 0.782. The number of rotatable bonds is 2. The van der Waals surface area contributed by atoms with E-state index in [1.165, 1.54) is 5.69 Å². The number of nitrogens with zero attached hydrogens (tertiary/aromatic N) is 5. The average Bonchev–Trinajstić information content (AvgIpc) is 3.00. The molecule has 0 aliphatic carbocycles. The van der Waals surface area contributed by atoms with Crippen LogP contribution in [-0.4, -0.2) is 45.8 Å². The fraction of sp³-hybridized carbons (Fsp3) is 0.353. The van der Waals surface area contributed by atoms with Crippen LogP contribution in [0.5, 0.6) is 0 Å². The van der Waals surface area contributed by atoms with Gasteiger partial charge in [0.15, 0.2) is 5.82 Å². The van der Waals surface area contributed by atoms with Crippen LogP contribution < -0.4 is 10.2 Å². The molecule has 0 unspecified atom stereocenters. The second-order valence-electron chi connectivity index (χ2n) is 5.89. The average molecular weight is 308 g/mol. The van der Waals surface area contributed by atoms with Gasteiger partial charge in [-0.15, -0.1) is 10.2 Å². The molecule has 0 saturated carbocycles. The SMILES string of the molecule is Cc1nc2nnc(-c3ccccc3)n2c(C)c1N1CCNCC1. The summed E-state index contributed by atoms with van der Waals surface area (Å²) in [5.41, 5.74) is 4.43. The maximum absolute atomic E-state index is 4.69. The molecular formula is C17H20N6. The van der Waals surface area contributed by atoms with Crippen molar-refractivity contribution in [1.29, 1.82) is 0 Å². The van der Waals surface area contributed by atoms with E-state index < -0.39 is 0 Å². The topological polar surface area (TPSA) is 58.4 Å². The minimum atomic E-state index is 0.665. The Morgan fingerprint density at radius 1 is 1.00 bits per heavy atom. The molecular weight excluding hydrogens is 288 g/mol. The summed E-state index contributed by atoms with van der Waals surface area (Å²) in [6.45, 7) is 8.20. The number of benzene rings is 1. The summed E-state index contributed by atoms with van der Waals surface area (Å²) in [6.07, 6.45) is 0. The monoisotopic (exact) mass is 308 g/mol. The number of piperazine rings is 1. The van der Waals surface area contributed by atoms with Crippen molar-refractivity contribution in [3.8, 4) is 11.4 Å². The summed E-state index contributed by atoms with van der Waals surface area (Å²) in [5.74, 6) is 1.51. The van der Waals surface area contributed by atoms with Gasteiger partial charge in [-0.25, -0.2) is 4.98 Å². The van der Waals surface area contributed by atoms with Crippen molar-refractivity contribution in [1.82, 2.24) is 24.9 Å². The molecule has 1 saturated heterocycles. The second kappa shape index (κ2) is 5.62. The smallest absolute Gasteiger partial charge is 0.255 e. The molecule has 3 heterocycles. The Kier molecular flexibility index (Phi) is 3.46. The van der Waals surface area contributed by atoms with Crippen LogP contribution in [0.1, 0.15) is 11.4 Å². The van der Waals surface area contributed by atoms with Crippen LogP contribution >= 0.6 is 0 Å². The molecule has 3 aromatic rings. The third-order valence-electron chi connectivity index (χ3n) is 4.40. The molecule has 0 amide bonds. The van der Waals surface area contributed by atoms with Gasteiger partial charge in [-0.3, -0.25) is 4.40 Å². The molecule has 1 aromatic carbocycles. The number of aromatic nitrogens is 4. The Labute approximate surface area is 135 Å². The van der Waals surface area contributed by atoms with Crippen LogP contribution in [0.2, 0.25) is 0 Å². The summed E-state index contributed by atoms with van der Waals surface area (Å²) in [4.78, 5) is 7.09. The predicted molar refractivity (Wildman–Crippen MR) is 90.8 cm³/mol. The minimum Gasteiger partial charge on any atom is -0.366 e. The third kappa shape index (κ3) is 2.35. The van der Waals surface area contributed by atoms with Gasteiger partial charge >= 0.3 is 0 Å². The van der Waals surface area contributed by atoms with E-state index >= 15 is 0 Å². The summed E-state index contributed by atoms with van der Waals surface area (Å²) in [6, 6.07) is 10.2. The molecule has 1 fully saturated rings. The molecule has 1 N–H and O–H groups in total. The second-order valence-corrected chi connectivity index (χ2v) is 5.89. The largest absolute Gasteiger partial charge is 0.366 e. The van der Waals surface area contributed by atoms with Gasteiger partial charge in [-0.05, 0) is 13.8 Å². The van der Waals surface area contributed by atoms with Gasteiger partial charge in [0, 0.05) is 37.4 Å². The van der Waals surface area contributed by atoms with Crippen LogP contribution in [-0.2, 0) is 0 Å². The maximum atomic E-state index is 4.69. The number of nitrogens with one attached hydrogen (secondary N) is 1. The number of anilines is 1. The molecule has 1 aliphatic rings. The molecule has 0 atom stereocenters. The van der Waals surface area contributed by atoms with Crippen LogP contribution in [0.4, 0.5) is 5.69 Å². The van der Waals surface area contributed by atoms with Crippen molar-refractivity contribution in [2.75, 3.05) is 31.1 Å². The molecule has 118 valence electrons. The van der Waals surface area contributed by atoms with Gasteiger partial charge in [0.05, 0.1) is 11.4 Å². The van der Waals surface area contributed by atoms with Gasteiger partial charge in [-0.1, -0.05) is 30.3 Å². The lowest BCUT2D eigenvalue weighted by molar-refractivity contribution is 0.585. The lowest BCUT2D eigenvalue weighted by atomic mass is 10.2. The highest BCUT2D eigenvalue weighted by atomic mass is 15.3. The van der Waals surface area contributed by atoms with E-state index in [0.717, 1.165) is 49.0 Å². The Morgan fingerprint density at radius 3 is 2.48 bits per heavy atom. The van der Waals surface area contributed by atoms with Crippen molar-refractivity contribution in [2.45, 2.75) is 13.8 Å². The zero-order valence-electron chi connectivity index (χ0n) is 13.5. The van der Waals surface area contributed by atoms with Gasteiger partial charge in [0.2, 0.25) is 0 Å². The summed E-state index contributed by atoms with van der Waals surface area (Å²) in [7, 11) is 0. The van der Waals surface area contributed by atoms with E-state index in [-0.39, 0.29) is 0 Å². The summed E-state index contributed by atoms with van der Waals surface area (Å²) < 4.78 is 2.07. The highest BCUT2D eigenvalue weighted by Crippen LogP contribution is 2.28. The number of fused-ring (bicyclic) bond motifs is 1. The van der Waals surface area contributed by atoms with Gasteiger partial charge in [0.25, 0.3) is 5.78 Å². The molecule has 6 nitrogen and oxygen atoms in total. The first kappa shape index (κ1) is 14.1. The van der Waals surface area contributed by atoms with Crippen molar-refractivity contribution >= 4 is 11.5 Å². The van der Waals surface area contributed by atoms with Crippen LogP contribution in [0.15, 0.2) is 30.3 Å². The predicted octanol–water partition coefficient (Wildman–Crippen LogP) is 1.82. The van der Waals surface area contributed by atoms with Crippen LogP contribution in [0.3, 0.4) is 0 Å². The zero-order valence-corrected chi connectivity index (χ0v) is 13.5. The Balaban J connectivity index is 1.92. The summed E-state index contributed by atoms with van der Waals surface area (Å²) >= 11 is 0. The molecule has 23 heavy (non-hydrogen) atoms. The van der Waals surface area contributed by atoms with E-state index in [1.807, 2.05) is 18.2 Å². The zero-order chi connectivity index (χ0) is 15.8. The van der Waals surface area contributed by atoms with Crippen LogP contribution in [0.25, 0.3) is 17.2 Å². The molecule has 0 radical (unpaired) electrons. The van der Waals surface area contributed by atoms with Crippen molar-refractivity contribution in [3.05, 3.63) is 41.7 Å². The van der Waals surface area contributed by atoms with Crippen molar-refractivity contribution < 1.29 is 0 Å². The first-order valence-electron chi connectivity index (χ1n) is 7.99. The first-order chi connectivity index (χ1) is 11.3. The molecule has 0 bridgehead atoms. The van der Waals surface area contributed by atoms with Gasteiger partial charge in [-0.2, -0.15) is 0 Å². The fourth-order valence-electron chi connectivity index (χ4n) is 3.35. The van der Waals surface area contributed by atoms with E-state index in [2.05, 4.69) is 55.8 Å². The summed E-state index contributed by atoms with van der Waals surface area (Å²) in [5, 5.41) is 12.0. The molecule has 0 spiro atoms.